The van der Waals surface area contributed by atoms with Gasteiger partial charge >= 0.3 is 0 Å². The van der Waals surface area contributed by atoms with Gasteiger partial charge in [0.05, 0.1) is 11.6 Å². The predicted molar refractivity (Wildman–Crippen MR) is 122 cm³/mol. The summed E-state index contributed by atoms with van der Waals surface area (Å²) in [6.45, 7) is 2.31. The first kappa shape index (κ1) is 21.0. The number of benzene rings is 1. The lowest BCUT2D eigenvalue weighted by atomic mass is 9.54. The summed E-state index contributed by atoms with van der Waals surface area (Å²) in [5.74, 6) is 5.87. The molecule has 0 saturated heterocycles. The lowest BCUT2D eigenvalue weighted by Gasteiger charge is -2.51. The second-order valence-corrected chi connectivity index (χ2v) is 10.6. The molecule has 0 aromatic heterocycles. The summed E-state index contributed by atoms with van der Waals surface area (Å²) < 4.78 is 0. The second kappa shape index (κ2) is 10.1. The van der Waals surface area contributed by atoms with Crippen molar-refractivity contribution in [1.29, 1.82) is 5.26 Å². The van der Waals surface area contributed by atoms with Crippen LogP contribution in [-0.4, -0.2) is 0 Å². The fourth-order valence-corrected chi connectivity index (χ4v) is 7.32. The first-order valence-electron chi connectivity index (χ1n) is 12.8. The van der Waals surface area contributed by atoms with Gasteiger partial charge < -0.3 is 0 Å². The van der Waals surface area contributed by atoms with Crippen LogP contribution in [0.1, 0.15) is 114 Å². The highest BCUT2D eigenvalue weighted by Crippen LogP contribution is 2.55. The third-order valence-electron chi connectivity index (χ3n) is 8.88. The fourth-order valence-electron chi connectivity index (χ4n) is 7.32. The van der Waals surface area contributed by atoms with Crippen LogP contribution in [0.5, 0.6) is 0 Å². The minimum Gasteiger partial charge on any atom is -0.192 e. The molecule has 0 spiro atoms. The van der Waals surface area contributed by atoms with E-state index < -0.39 is 0 Å². The monoisotopic (exact) mass is 391 g/mol. The standard InChI is InChI=1S/C28H41N/c1-2-3-4-5-6-7-21-10-16-27-25(18-21)13-14-26-19-24(15-17-28(26)27)23-11-8-22(20-29)9-12-23/h8-9,11-12,21,24-28H,2-7,10,13-19H2,1H3/t21-,24?,25+,26-,27+,28-/m1/s1. The Hall–Kier alpha value is -1.29. The maximum absolute atomic E-state index is 9.05. The second-order valence-electron chi connectivity index (χ2n) is 10.6. The smallest absolute Gasteiger partial charge is 0.0991 e. The molecule has 1 nitrogen and oxygen atoms in total. The molecule has 1 heteroatoms. The van der Waals surface area contributed by atoms with Crippen LogP contribution < -0.4 is 0 Å². The Kier molecular flexibility index (Phi) is 7.34. The van der Waals surface area contributed by atoms with Gasteiger partial charge in [-0.2, -0.15) is 5.26 Å². The lowest BCUT2D eigenvalue weighted by Crippen LogP contribution is -2.41. The number of nitriles is 1. The Morgan fingerprint density at radius 2 is 1.48 bits per heavy atom. The van der Waals surface area contributed by atoms with Crippen LogP contribution >= 0.6 is 0 Å². The van der Waals surface area contributed by atoms with Crippen LogP contribution in [0.3, 0.4) is 0 Å². The summed E-state index contributed by atoms with van der Waals surface area (Å²) in [7, 11) is 0. The van der Waals surface area contributed by atoms with Crippen molar-refractivity contribution in [2.75, 3.05) is 0 Å². The molecule has 1 aromatic rings. The van der Waals surface area contributed by atoms with Crippen molar-refractivity contribution in [2.24, 2.45) is 29.6 Å². The number of nitrogens with zero attached hydrogens (tertiary/aromatic N) is 1. The summed E-state index contributed by atoms with van der Waals surface area (Å²) in [4.78, 5) is 0. The Bertz CT molecular complexity index is 669. The maximum atomic E-state index is 9.05. The van der Waals surface area contributed by atoms with Crippen molar-refractivity contribution in [3.05, 3.63) is 35.4 Å². The van der Waals surface area contributed by atoms with Crippen LogP contribution in [0.2, 0.25) is 0 Å². The molecule has 3 aliphatic carbocycles. The summed E-state index contributed by atoms with van der Waals surface area (Å²) >= 11 is 0. The zero-order valence-electron chi connectivity index (χ0n) is 18.6. The SMILES string of the molecule is CCCCCCC[C@@H]1CC[C@H]2[C@@H](CC[C@@H]3CC(c4ccc(C#N)cc4)CC[C@H]32)C1. The zero-order valence-corrected chi connectivity index (χ0v) is 18.6. The molecule has 3 saturated carbocycles. The number of hydrogen-bond acceptors (Lipinski definition) is 1. The Labute approximate surface area is 179 Å². The van der Waals surface area contributed by atoms with Gasteiger partial charge in [0.25, 0.3) is 0 Å². The third kappa shape index (κ3) is 5.07. The van der Waals surface area contributed by atoms with Crippen LogP contribution in [0.25, 0.3) is 0 Å². The third-order valence-corrected chi connectivity index (χ3v) is 8.88. The van der Waals surface area contributed by atoms with Crippen molar-refractivity contribution in [2.45, 2.75) is 103 Å². The molecule has 0 bridgehead atoms. The van der Waals surface area contributed by atoms with Crippen LogP contribution in [0, 0.1) is 40.9 Å². The normalized spacial score (nSPS) is 34.1. The van der Waals surface area contributed by atoms with Gasteiger partial charge in [0, 0.05) is 0 Å². The summed E-state index contributed by atoms with van der Waals surface area (Å²) in [5, 5.41) is 9.05. The quantitative estimate of drug-likeness (QED) is 0.429. The van der Waals surface area contributed by atoms with Crippen LogP contribution in [-0.2, 0) is 0 Å². The molecular weight excluding hydrogens is 350 g/mol. The molecule has 0 radical (unpaired) electrons. The van der Waals surface area contributed by atoms with Crippen molar-refractivity contribution in [3.63, 3.8) is 0 Å². The lowest BCUT2D eigenvalue weighted by molar-refractivity contribution is 0.00518. The van der Waals surface area contributed by atoms with E-state index in [4.69, 9.17) is 5.26 Å². The van der Waals surface area contributed by atoms with Crippen molar-refractivity contribution in [1.82, 2.24) is 0 Å². The van der Waals surface area contributed by atoms with Crippen molar-refractivity contribution in [3.8, 4) is 6.07 Å². The van der Waals surface area contributed by atoms with Crippen LogP contribution in [0.15, 0.2) is 24.3 Å². The van der Waals surface area contributed by atoms with Gasteiger partial charge in [-0.3, -0.25) is 0 Å². The molecule has 0 aliphatic heterocycles. The summed E-state index contributed by atoms with van der Waals surface area (Å²) in [5.41, 5.74) is 2.28. The van der Waals surface area contributed by atoms with E-state index in [2.05, 4.69) is 25.1 Å². The molecule has 6 atom stereocenters. The molecule has 3 fully saturated rings. The Morgan fingerprint density at radius 1 is 0.793 bits per heavy atom. The Morgan fingerprint density at radius 3 is 2.21 bits per heavy atom. The molecule has 4 rings (SSSR count). The van der Waals surface area contributed by atoms with E-state index in [1.165, 1.54) is 89.0 Å². The van der Waals surface area contributed by atoms with E-state index >= 15 is 0 Å². The average Bonchev–Trinajstić information content (AvgIpc) is 2.78. The van der Waals surface area contributed by atoms with Crippen LogP contribution in [0.4, 0.5) is 0 Å². The average molecular weight is 392 g/mol. The number of hydrogen-bond donors (Lipinski definition) is 0. The number of unbranched alkanes of at least 4 members (excludes halogenated alkanes) is 4. The van der Waals surface area contributed by atoms with Gasteiger partial charge in [0.1, 0.15) is 0 Å². The van der Waals surface area contributed by atoms with Gasteiger partial charge in [-0.15, -0.1) is 0 Å². The molecule has 0 N–H and O–H groups in total. The number of rotatable bonds is 7. The van der Waals surface area contributed by atoms with E-state index in [-0.39, 0.29) is 0 Å². The van der Waals surface area contributed by atoms with E-state index in [0.29, 0.717) is 0 Å². The molecule has 0 amide bonds. The Balaban J connectivity index is 1.27. The number of fused-ring (bicyclic) bond motifs is 3. The largest absolute Gasteiger partial charge is 0.192 e. The zero-order chi connectivity index (χ0) is 20.1. The van der Waals surface area contributed by atoms with Gasteiger partial charge in [-0.25, -0.2) is 0 Å². The van der Waals surface area contributed by atoms with E-state index in [9.17, 15) is 0 Å². The first-order chi connectivity index (χ1) is 14.3. The topological polar surface area (TPSA) is 23.8 Å². The van der Waals surface area contributed by atoms with Crippen molar-refractivity contribution >= 4 is 0 Å². The molecule has 29 heavy (non-hydrogen) atoms. The highest BCUT2D eigenvalue weighted by molar-refractivity contribution is 5.33. The molecule has 1 unspecified atom stereocenters. The molecule has 3 aliphatic rings. The molecule has 0 heterocycles. The van der Waals surface area contributed by atoms with Gasteiger partial charge in [0.15, 0.2) is 0 Å². The highest BCUT2D eigenvalue weighted by Gasteiger charge is 2.44. The predicted octanol–water partition coefficient (Wildman–Crippen LogP) is 8.24. The molecule has 1 aromatic carbocycles. The van der Waals surface area contributed by atoms with Gasteiger partial charge in [-0.05, 0) is 98.1 Å². The van der Waals surface area contributed by atoms with E-state index in [0.717, 1.165) is 41.1 Å². The first-order valence-corrected chi connectivity index (χ1v) is 12.8. The molecule has 158 valence electrons. The van der Waals surface area contributed by atoms with Gasteiger partial charge in [-0.1, -0.05) is 64.0 Å². The molecular formula is C28H41N. The summed E-state index contributed by atoms with van der Waals surface area (Å²) in [6.07, 6.45) is 20.6. The van der Waals surface area contributed by atoms with Crippen molar-refractivity contribution < 1.29 is 0 Å². The van der Waals surface area contributed by atoms with E-state index in [1.807, 2.05) is 12.1 Å². The minimum atomic E-state index is 0.736. The summed E-state index contributed by atoms with van der Waals surface area (Å²) in [6, 6.07) is 10.7. The highest BCUT2D eigenvalue weighted by atomic mass is 14.5. The fraction of sp³-hybridized carbons (Fsp3) is 0.750. The minimum absolute atomic E-state index is 0.736. The van der Waals surface area contributed by atoms with Gasteiger partial charge in [0.2, 0.25) is 0 Å². The van der Waals surface area contributed by atoms with E-state index in [1.54, 1.807) is 6.42 Å². The maximum Gasteiger partial charge on any atom is 0.0991 e.